The van der Waals surface area contributed by atoms with Crippen molar-refractivity contribution < 1.29 is 19.1 Å². The number of hydrogen-bond donors (Lipinski definition) is 0. The molecule has 0 amide bonds. The minimum absolute atomic E-state index is 0.0544. The zero-order chi connectivity index (χ0) is 17.2. The Morgan fingerprint density at radius 1 is 1.12 bits per heavy atom. The van der Waals surface area contributed by atoms with Crippen LogP contribution in [0.1, 0.15) is 25.7 Å². The van der Waals surface area contributed by atoms with Crippen LogP contribution in [-0.2, 0) is 19.1 Å². The van der Waals surface area contributed by atoms with Gasteiger partial charge in [-0.15, -0.1) is 11.8 Å². The van der Waals surface area contributed by atoms with Gasteiger partial charge in [-0.3, -0.25) is 9.59 Å². The Hall–Kier alpha value is -1.49. The van der Waals surface area contributed by atoms with Crippen LogP contribution >= 0.6 is 11.8 Å². The van der Waals surface area contributed by atoms with Gasteiger partial charge in [0.15, 0.2) is 5.41 Å². The lowest BCUT2D eigenvalue weighted by Crippen LogP contribution is -2.44. The zero-order valence-corrected chi connectivity index (χ0v) is 15.0. The smallest absolute Gasteiger partial charge is 0.323 e. The first-order valence-corrected chi connectivity index (χ1v) is 9.46. The molecule has 1 aromatic rings. The Morgan fingerprint density at radius 3 is 2.42 bits per heavy atom. The van der Waals surface area contributed by atoms with Crippen molar-refractivity contribution in [1.29, 1.82) is 0 Å². The molecule has 2 fully saturated rings. The van der Waals surface area contributed by atoms with Crippen LogP contribution in [0.2, 0.25) is 0 Å². The Kier molecular flexibility index (Phi) is 5.18. The number of hydrogen-bond acceptors (Lipinski definition) is 5. The second-order valence-corrected chi connectivity index (χ2v) is 7.84. The van der Waals surface area contributed by atoms with Crippen LogP contribution in [0.15, 0.2) is 35.2 Å². The third kappa shape index (κ3) is 2.83. The first-order valence-electron chi connectivity index (χ1n) is 8.48. The average Bonchev–Trinajstić information content (AvgIpc) is 3.22. The van der Waals surface area contributed by atoms with E-state index < -0.39 is 17.4 Å². The number of benzene rings is 1. The van der Waals surface area contributed by atoms with Crippen molar-refractivity contribution in [2.24, 2.45) is 23.2 Å². The lowest BCUT2D eigenvalue weighted by molar-refractivity contribution is -0.172. The van der Waals surface area contributed by atoms with Gasteiger partial charge < -0.3 is 9.47 Å². The van der Waals surface area contributed by atoms with Crippen molar-refractivity contribution in [3.8, 4) is 0 Å². The molecule has 5 heteroatoms. The molecule has 0 spiro atoms. The van der Waals surface area contributed by atoms with Crippen LogP contribution in [0.25, 0.3) is 0 Å². The van der Waals surface area contributed by atoms with Crippen molar-refractivity contribution >= 4 is 23.7 Å². The summed E-state index contributed by atoms with van der Waals surface area (Å²) in [6.45, 7) is 0. The number of carbonyl (C=O) groups excluding carboxylic acids is 2. The summed E-state index contributed by atoms with van der Waals surface area (Å²) in [4.78, 5) is 26.4. The molecule has 0 unspecified atom stereocenters. The number of fused-ring (bicyclic) bond motifs is 1. The summed E-state index contributed by atoms with van der Waals surface area (Å²) < 4.78 is 10.1. The number of esters is 2. The molecule has 3 atom stereocenters. The maximum absolute atomic E-state index is 12.6. The van der Waals surface area contributed by atoms with Crippen LogP contribution in [0.5, 0.6) is 0 Å². The van der Waals surface area contributed by atoms with Gasteiger partial charge in [-0.1, -0.05) is 24.6 Å². The third-order valence-corrected chi connectivity index (χ3v) is 6.90. The van der Waals surface area contributed by atoms with Crippen LogP contribution in [0, 0.1) is 23.2 Å². The van der Waals surface area contributed by atoms with E-state index in [1.807, 2.05) is 18.2 Å². The van der Waals surface area contributed by atoms with Crippen molar-refractivity contribution in [3.63, 3.8) is 0 Å². The van der Waals surface area contributed by atoms with E-state index in [1.54, 1.807) is 11.8 Å². The van der Waals surface area contributed by atoms with Gasteiger partial charge in [0.25, 0.3) is 0 Å². The Labute approximate surface area is 147 Å². The Balaban J connectivity index is 1.82. The summed E-state index contributed by atoms with van der Waals surface area (Å²) in [5.41, 5.74) is -1.10. The molecular weight excluding hydrogens is 324 g/mol. The first kappa shape index (κ1) is 17.3. The molecule has 3 rings (SSSR count). The van der Waals surface area contributed by atoms with Gasteiger partial charge in [-0.2, -0.15) is 0 Å². The molecule has 0 aromatic heterocycles. The summed E-state index contributed by atoms with van der Waals surface area (Å²) in [7, 11) is 2.73. The minimum atomic E-state index is -1.10. The fourth-order valence-corrected chi connectivity index (χ4v) is 5.82. The maximum Gasteiger partial charge on any atom is 0.323 e. The molecule has 1 aromatic carbocycles. The van der Waals surface area contributed by atoms with Gasteiger partial charge >= 0.3 is 11.9 Å². The molecule has 2 aliphatic carbocycles. The fourth-order valence-electron chi connectivity index (χ4n) is 4.70. The SMILES string of the molecule is COC(=O)C1(C(=O)OC)C[C@H](CSc2ccccc2)[C@@H]2CCC[C@@H]21. The largest absolute Gasteiger partial charge is 0.468 e. The molecule has 0 N–H and O–H groups in total. The standard InChI is InChI=1S/C19H24O4S/c1-22-17(20)19(18(21)23-2)11-13(15-9-6-10-16(15)19)12-24-14-7-4-3-5-8-14/h3-5,7-8,13,15-16H,6,9-12H2,1-2H3/t13-,15+,16+/m1/s1. The van der Waals surface area contributed by atoms with Crippen LogP contribution in [-0.4, -0.2) is 31.9 Å². The molecule has 2 saturated carbocycles. The molecule has 130 valence electrons. The summed E-state index contributed by atoms with van der Waals surface area (Å²) in [6, 6.07) is 10.3. The summed E-state index contributed by atoms with van der Waals surface area (Å²) in [5.74, 6) is 0.872. The predicted molar refractivity (Wildman–Crippen MR) is 92.6 cm³/mol. The molecule has 2 aliphatic rings. The molecule has 0 saturated heterocycles. The highest BCUT2D eigenvalue weighted by Gasteiger charge is 2.64. The Bertz CT molecular complexity index is 585. The van der Waals surface area contributed by atoms with Gasteiger partial charge in [0.05, 0.1) is 14.2 Å². The van der Waals surface area contributed by atoms with E-state index in [0.29, 0.717) is 18.3 Å². The number of rotatable bonds is 5. The third-order valence-electron chi connectivity index (χ3n) is 5.70. The normalized spacial score (nSPS) is 27.5. The highest BCUT2D eigenvalue weighted by molar-refractivity contribution is 7.99. The van der Waals surface area contributed by atoms with Crippen molar-refractivity contribution in [2.75, 3.05) is 20.0 Å². The van der Waals surface area contributed by atoms with E-state index in [1.165, 1.54) is 19.1 Å². The molecular formula is C19H24O4S. The number of carbonyl (C=O) groups is 2. The van der Waals surface area contributed by atoms with Crippen LogP contribution < -0.4 is 0 Å². The molecule has 0 radical (unpaired) electrons. The topological polar surface area (TPSA) is 52.6 Å². The van der Waals surface area contributed by atoms with E-state index in [2.05, 4.69) is 12.1 Å². The zero-order valence-electron chi connectivity index (χ0n) is 14.2. The van der Waals surface area contributed by atoms with E-state index >= 15 is 0 Å². The Morgan fingerprint density at radius 2 is 1.79 bits per heavy atom. The minimum Gasteiger partial charge on any atom is -0.468 e. The van der Waals surface area contributed by atoms with Crippen molar-refractivity contribution in [2.45, 2.75) is 30.6 Å². The van der Waals surface area contributed by atoms with Gasteiger partial charge in [0.2, 0.25) is 0 Å². The van der Waals surface area contributed by atoms with Gasteiger partial charge in [-0.05, 0) is 49.1 Å². The average molecular weight is 348 g/mol. The van der Waals surface area contributed by atoms with Crippen molar-refractivity contribution in [1.82, 2.24) is 0 Å². The van der Waals surface area contributed by atoms with Gasteiger partial charge in [0, 0.05) is 10.6 Å². The summed E-state index contributed by atoms with van der Waals surface area (Å²) in [5, 5.41) is 0. The van der Waals surface area contributed by atoms with E-state index in [-0.39, 0.29) is 5.92 Å². The number of ether oxygens (including phenoxy) is 2. The lowest BCUT2D eigenvalue weighted by atomic mass is 9.76. The van der Waals surface area contributed by atoms with Crippen LogP contribution in [0.4, 0.5) is 0 Å². The second-order valence-electron chi connectivity index (χ2n) is 6.74. The predicted octanol–water partition coefficient (Wildman–Crippen LogP) is 3.55. The van der Waals surface area contributed by atoms with E-state index in [9.17, 15) is 9.59 Å². The number of methoxy groups -OCH3 is 2. The molecule has 0 bridgehead atoms. The van der Waals surface area contributed by atoms with Gasteiger partial charge in [0.1, 0.15) is 0 Å². The molecule has 0 heterocycles. The summed E-state index contributed by atoms with van der Waals surface area (Å²) >= 11 is 1.80. The lowest BCUT2D eigenvalue weighted by Gasteiger charge is -2.29. The van der Waals surface area contributed by atoms with E-state index in [4.69, 9.17) is 9.47 Å². The molecule has 24 heavy (non-hydrogen) atoms. The van der Waals surface area contributed by atoms with E-state index in [0.717, 1.165) is 25.0 Å². The highest BCUT2D eigenvalue weighted by Crippen LogP contribution is 2.59. The highest BCUT2D eigenvalue weighted by atomic mass is 32.2. The number of thioether (sulfide) groups is 1. The fraction of sp³-hybridized carbons (Fsp3) is 0.579. The summed E-state index contributed by atoms with van der Waals surface area (Å²) in [6.07, 6.45) is 3.60. The quantitative estimate of drug-likeness (QED) is 0.463. The van der Waals surface area contributed by atoms with Crippen LogP contribution in [0.3, 0.4) is 0 Å². The first-order chi connectivity index (χ1) is 11.6. The molecule has 0 aliphatic heterocycles. The van der Waals surface area contributed by atoms with Gasteiger partial charge in [-0.25, -0.2) is 0 Å². The second kappa shape index (κ2) is 7.18. The van der Waals surface area contributed by atoms with Crippen molar-refractivity contribution in [3.05, 3.63) is 30.3 Å². The molecule has 4 nitrogen and oxygen atoms in total. The monoisotopic (exact) mass is 348 g/mol. The maximum atomic E-state index is 12.6.